The molecular formula is C33H32N2O4. The number of imidazole rings is 1. The Morgan fingerprint density at radius 3 is 2.23 bits per heavy atom. The Labute approximate surface area is 228 Å². The number of nitrogens with zero attached hydrogens (tertiary/aromatic N) is 2. The number of aromatic nitrogens is 2. The number of unbranched alkanes of at least 4 members (excludes halogenated alkanes) is 2. The molecule has 0 aliphatic heterocycles. The minimum Gasteiger partial charge on any atom is -0.494 e. The fraction of sp³-hybridized carbons (Fsp3) is 0.212. The zero-order chi connectivity index (χ0) is 26.9. The highest BCUT2D eigenvalue weighted by atomic mass is 16.5. The van der Waals surface area contributed by atoms with Crippen molar-refractivity contribution in [3.63, 3.8) is 0 Å². The average Bonchev–Trinajstić information content (AvgIpc) is 3.38. The summed E-state index contributed by atoms with van der Waals surface area (Å²) in [7, 11) is 1.42. The van der Waals surface area contributed by atoms with E-state index >= 15 is 0 Å². The molecule has 4 aromatic carbocycles. The zero-order valence-electron chi connectivity index (χ0n) is 22.1. The molecule has 0 radical (unpaired) electrons. The quantitative estimate of drug-likeness (QED) is 0.127. The van der Waals surface area contributed by atoms with Crippen LogP contribution in [0.15, 0.2) is 103 Å². The van der Waals surface area contributed by atoms with Crippen molar-refractivity contribution in [2.45, 2.75) is 32.3 Å². The van der Waals surface area contributed by atoms with Crippen LogP contribution in [-0.4, -0.2) is 29.2 Å². The normalized spacial score (nSPS) is 10.9. The lowest BCUT2D eigenvalue weighted by Crippen LogP contribution is -2.01. The lowest BCUT2D eigenvalue weighted by Gasteiger charge is -2.12. The predicted molar refractivity (Wildman–Crippen MR) is 153 cm³/mol. The molecule has 6 nitrogen and oxygen atoms in total. The molecule has 0 atom stereocenters. The van der Waals surface area contributed by atoms with Gasteiger partial charge in [0.1, 0.15) is 23.9 Å². The molecule has 5 aromatic rings. The molecule has 198 valence electrons. The molecular weight excluding hydrogens is 488 g/mol. The second-order valence-corrected chi connectivity index (χ2v) is 9.29. The van der Waals surface area contributed by atoms with E-state index in [4.69, 9.17) is 19.2 Å². The van der Waals surface area contributed by atoms with Crippen LogP contribution in [0.5, 0.6) is 11.5 Å². The Morgan fingerprint density at radius 2 is 1.49 bits per heavy atom. The van der Waals surface area contributed by atoms with E-state index in [1.165, 1.54) is 7.11 Å². The number of carbonyl (C=O) groups is 1. The third-order valence-electron chi connectivity index (χ3n) is 6.52. The van der Waals surface area contributed by atoms with Gasteiger partial charge >= 0.3 is 5.97 Å². The Kier molecular flexibility index (Phi) is 8.54. The second kappa shape index (κ2) is 12.8. The first-order valence-electron chi connectivity index (χ1n) is 13.3. The van der Waals surface area contributed by atoms with Gasteiger partial charge in [0.2, 0.25) is 0 Å². The fourth-order valence-electron chi connectivity index (χ4n) is 4.46. The first-order chi connectivity index (χ1) is 19.2. The van der Waals surface area contributed by atoms with Crippen LogP contribution in [0.1, 0.15) is 31.2 Å². The molecule has 0 N–H and O–H groups in total. The summed E-state index contributed by atoms with van der Waals surface area (Å²) in [5.74, 6) is 2.30. The van der Waals surface area contributed by atoms with E-state index in [9.17, 15) is 4.79 Å². The van der Waals surface area contributed by atoms with Crippen molar-refractivity contribution in [3.8, 4) is 28.6 Å². The van der Waals surface area contributed by atoms with Crippen LogP contribution in [0, 0.1) is 0 Å². The third-order valence-corrected chi connectivity index (χ3v) is 6.52. The lowest BCUT2D eigenvalue weighted by molar-refractivity contribution is -0.140. The molecule has 1 heterocycles. The van der Waals surface area contributed by atoms with Gasteiger partial charge in [-0.25, -0.2) is 4.98 Å². The molecule has 0 aliphatic carbocycles. The fourth-order valence-corrected chi connectivity index (χ4v) is 4.46. The van der Waals surface area contributed by atoms with Gasteiger partial charge in [0, 0.05) is 23.7 Å². The third kappa shape index (κ3) is 6.65. The molecule has 0 fully saturated rings. The first-order valence-corrected chi connectivity index (χ1v) is 13.3. The van der Waals surface area contributed by atoms with Gasteiger partial charge in [-0.15, -0.1) is 0 Å². The zero-order valence-corrected chi connectivity index (χ0v) is 22.1. The summed E-state index contributed by atoms with van der Waals surface area (Å²) in [6, 6.07) is 34.4. The molecule has 39 heavy (non-hydrogen) atoms. The van der Waals surface area contributed by atoms with E-state index in [1.807, 2.05) is 66.7 Å². The van der Waals surface area contributed by atoms with Crippen LogP contribution in [0.4, 0.5) is 0 Å². The van der Waals surface area contributed by atoms with E-state index in [2.05, 4.69) is 41.0 Å². The maximum absolute atomic E-state index is 11.3. The molecule has 0 bridgehead atoms. The molecule has 1 aromatic heterocycles. The molecule has 5 rings (SSSR count). The maximum atomic E-state index is 11.3. The van der Waals surface area contributed by atoms with E-state index in [1.54, 1.807) is 0 Å². The summed E-state index contributed by atoms with van der Waals surface area (Å²) < 4.78 is 18.9. The Bertz CT molecular complexity index is 1500. The summed E-state index contributed by atoms with van der Waals surface area (Å²) in [5, 5.41) is 0. The highest BCUT2D eigenvalue weighted by Gasteiger charge is 2.15. The highest BCUT2D eigenvalue weighted by Crippen LogP contribution is 2.31. The van der Waals surface area contributed by atoms with Crippen molar-refractivity contribution in [1.29, 1.82) is 0 Å². The number of benzene rings is 4. The van der Waals surface area contributed by atoms with Gasteiger partial charge in [0.05, 0.1) is 24.8 Å². The van der Waals surface area contributed by atoms with Gasteiger partial charge in [-0.2, -0.15) is 0 Å². The largest absolute Gasteiger partial charge is 0.494 e. The maximum Gasteiger partial charge on any atom is 0.305 e. The molecule has 0 saturated carbocycles. The second-order valence-electron chi connectivity index (χ2n) is 9.29. The monoisotopic (exact) mass is 520 g/mol. The number of fused-ring (bicyclic) bond motifs is 1. The Balaban J connectivity index is 1.36. The summed E-state index contributed by atoms with van der Waals surface area (Å²) >= 11 is 0. The predicted octanol–water partition coefficient (Wildman–Crippen LogP) is 7.38. The molecule has 0 amide bonds. The van der Waals surface area contributed by atoms with Crippen LogP contribution in [0.2, 0.25) is 0 Å². The number of carbonyl (C=O) groups excluding carboxylic acids is 1. The van der Waals surface area contributed by atoms with Crippen LogP contribution < -0.4 is 9.47 Å². The average molecular weight is 521 g/mol. The topological polar surface area (TPSA) is 62.6 Å². The molecule has 0 aliphatic rings. The molecule has 6 heteroatoms. The number of ether oxygens (including phenoxy) is 3. The van der Waals surface area contributed by atoms with Crippen molar-refractivity contribution in [3.05, 3.63) is 109 Å². The van der Waals surface area contributed by atoms with Crippen molar-refractivity contribution >= 4 is 17.0 Å². The Morgan fingerprint density at radius 1 is 0.769 bits per heavy atom. The van der Waals surface area contributed by atoms with E-state index in [-0.39, 0.29) is 5.97 Å². The van der Waals surface area contributed by atoms with Crippen molar-refractivity contribution in [2.75, 3.05) is 13.7 Å². The van der Waals surface area contributed by atoms with E-state index in [0.29, 0.717) is 19.6 Å². The minimum atomic E-state index is -0.167. The summed E-state index contributed by atoms with van der Waals surface area (Å²) in [6.45, 7) is 1.10. The number of methoxy groups -OCH3 is 1. The van der Waals surface area contributed by atoms with Crippen molar-refractivity contribution < 1.29 is 19.0 Å². The molecule has 0 saturated heterocycles. The summed E-state index contributed by atoms with van der Waals surface area (Å²) in [6.07, 6.45) is 3.02. The van der Waals surface area contributed by atoms with Gasteiger partial charge in [-0.1, -0.05) is 60.7 Å². The van der Waals surface area contributed by atoms with Gasteiger partial charge in [-0.05, 0) is 61.2 Å². The van der Waals surface area contributed by atoms with E-state index in [0.717, 1.165) is 64.4 Å². The standard InChI is InChI=1S/C33H32N2O4/c1-37-32(36)15-9-4-10-22-38-29-20-21-30-31(23-29)35(33(34-30)26-13-7-3-8-14-26)27-16-18-28(19-17-27)39-24-25-11-5-2-6-12-25/h2-3,5-8,11-14,16-21,23H,4,9-10,15,22,24H2,1H3. The van der Waals surface area contributed by atoms with Crippen LogP contribution in [-0.2, 0) is 16.1 Å². The first kappa shape index (κ1) is 26.0. The summed E-state index contributed by atoms with van der Waals surface area (Å²) in [4.78, 5) is 16.3. The SMILES string of the molecule is COC(=O)CCCCCOc1ccc2nc(-c3ccccc3)n(-c3ccc(OCc4ccccc4)cc3)c2c1. The summed E-state index contributed by atoms with van der Waals surface area (Å²) in [5.41, 5.74) is 5.01. The number of esters is 1. The molecule has 0 spiro atoms. The van der Waals surface area contributed by atoms with Gasteiger partial charge < -0.3 is 14.2 Å². The van der Waals surface area contributed by atoms with E-state index < -0.39 is 0 Å². The van der Waals surface area contributed by atoms with Crippen molar-refractivity contribution in [2.24, 2.45) is 0 Å². The molecule has 0 unspecified atom stereocenters. The van der Waals surface area contributed by atoms with Crippen LogP contribution in [0.3, 0.4) is 0 Å². The number of rotatable bonds is 12. The van der Waals surface area contributed by atoms with Gasteiger partial charge in [0.15, 0.2) is 0 Å². The highest BCUT2D eigenvalue weighted by molar-refractivity contribution is 5.84. The van der Waals surface area contributed by atoms with Crippen LogP contribution >= 0.6 is 0 Å². The van der Waals surface area contributed by atoms with Crippen molar-refractivity contribution in [1.82, 2.24) is 9.55 Å². The lowest BCUT2D eigenvalue weighted by atomic mass is 10.2. The van der Waals surface area contributed by atoms with Gasteiger partial charge in [-0.3, -0.25) is 9.36 Å². The minimum absolute atomic E-state index is 0.167. The van der Waals surface area contributed by atoms with Crippen LogP contribution in [0.25, 0.3) is 28.1 Å². The number of hydrogen-bond acceptors (Lipinski definition) is 5. The smallest absolute Gasteiger partial charge is 0.305 e. The Hall–Kier alpha value is -4.58. The number of hydrogen-bond donors (Lipinski definition) is 0. The van der Waals surface area contributed by atoms with Gasteiger partial charge in [0.25, 0.3) is 0 Å².